The number of piperidine rings is 1. The van der Waals surface area contributed by atoms with E-state index in [1.807, 2.05) is 4.90 Å². The Morgan fingerprint density at radius 2 is 2.00 bits per heavy atom. The van der Waals surface area contributed by atoms with Crippen molar-refractivity contribution in [2.45, 2.75) is 50.1 Å². The van der Waals surface area contributed by atoms with Crippen LogP contribution in [0.25, 0.3) is 0 Å². The summed E-state index contributed by atoms with van der Waals surface area (Å²) in [5.74, 6) is 0.0168. The number of halogens is 1. The van der Waals surface area contributed by atoms with Gasteiger partial charge in [-0.3, -0.25) is 14.6 Å². The van der Waals surface area contributed by atoms with Gasteiger partial charge in [0.25, 0.3) is 5.91 Å². The first-order valence-corrected chi connectivity index (χ1v) is 8.74. The van der Waals surface area contributed by atoms with E-state index in [0.717, 1.165) is 45.1 Å². The zero-order valence-electron chi connectivity index (χ0n) is 13.0. The van der Waals surface area contributed by atoms with Gasteiger partial charge in [0.2, 0.25) is 5.91 Å². The number of aromatic nitrogens is 1. The fourth-order valence-electron chi connectivity index (χ4n) is 4.10. The summed E-state index contributed by atoms with van der Waals surface area (Å²) in [6.07, 6.45) is 8.64. The van der Waals surface area contributed by atoms with E-state index in [4.69, 9.17) is 11.6 Å². The Bertz CT molecular complexity index is 661. The van der Waals surface area contributed by atoms with E-state index < -0.39 is 5.54 Å². The molecule has 2 aliphatic heterocycles. The van der Waals surface area contributed by atoms with Crippen molar-refractivity contribution >= 4 is 23.4 Å². The standard InChI is InChI=1S/C17H20ClN3O2/c18-14-11-19-8-5-13(14)15(22)21-10-2-7-17(21)6-1-9-20(16(17)23)12-3-4-12/h5,8,11-12H,1-4,6-7,9-10H2. The van der Waals surface area contributed by atoms with Crippen LogP contribution in [0, 0.1) is 0 Å². The van der Waals surface area contributed by atoms with Crippen LogP contribution in [0.3, 0.4) is 0 Å². The van der Waals surface area contributed by atoms with Gasteiger partial charge in [0.1, 0.15) is 5.54 Å². The van der Waals surface area contributed by atoms with Crippen LogP contribution in [0.5, 0.6) is 0 Å². The molecule has 0 N–H and O–H groups in total. The lowest BCUT2D eigenvalue weighted by Gasteiger charge is -2.44. The molecular weight excluding hydrogens is 314 g/mol. The molecule has 1 aromatic rings. The Balaban J connectivity index is 1.67. The third kappa shape index (κ3) is 2.33. The number of carbonyl (C=O) groups is 2. The summed E-state index contributed by atoms with van der Waals surface area (Å²) in [4.78, 5) is 33.9. The summed E-state index contributed by atoms with van der Waals surface area (Å²) in [5.41, 5.74) is -0.205. The van der Waals surface area contributed by atoms with Gasteiger partial charge in [0.15, 0.2) is 0 Å². The van der Waals surface area contributed by atoms with E-state index in [0.29, 0.717) is 23.2 Å². The lowest BCUT2D eigenvalue weighted by Crippen LogP contribution is -2.61. The average Bonchev–Trinajstić information content (AvgIpc) is 3.31. The highest BCUT2D eigenvalue weighted by molar-refractivity contribution is 6.33. The van der Waals surface area contributed by atoms with Crippen LogP contribution in [0.4, 0.5) is 0 Å². The number of pyridine rings is 1. The second kappa shape index (κ2) is 5.48. The van der Waals surface area contributed by atoms with Gasteiger partial charge in [-0.1, -0.05) is 11.6 Å². The van der Waals surface area contributed by atoms with Crippen LogP contribution in [0.15, 0.2) is 18.5 Å². The maximum atomic E-state index is 13.1. The summed E-state index contributed by atoms with van der Waals surface area (Å²) in [7, 11) is 0. The topological polar surface area (TPSA) is 53.5 Å². The fourth-order valence-corrected chi connectivity index (χ4v) is 4.30. The van der Waals surface area contributed by atoms with Gasteiger partial charge in [-0.2, -0.15) is 0 Å². The molecule has 3 aliphatic rings. The van der Waals surface area contributed by atoms with Crippen LogP contribution in [0.2, 0.25) is 5.02 Å². The smallest absolute Gasteiger partial charge is 0.256 e. The van der Waals surface area contributed by atoms with Crippen LogP contribution >= 0.6 is 11.6 Å². The molecule has 1 unspecified atom stereocenters. The molecule has 1 aromatic heterocycles. The number of hydrogen-bond donors (Lipinski definition) is 0. The molecule has 3 fully saturated rings. The highest BCUT2D eigenvalue weighted by Crippen LogP contribution is 2.42. The second-order valence-electron chi connectivity index (χ2n) is 6.78. The first-order valence-electron chi connectivity index (χ1n) is 8.36. The summed E-state index contributed by atoms with van der Waals surface area (Å²) in [5, 5.41) is 0.349. The molecule has 4 rings (SSSR count). The summed E-state index contributed by atoms with van der Waals surface area (Å²) in [6.45, 7) is 1.46. The molecule has 1 spiro atoms. The highest BCUT2D eigenvalue weighted by atomic mass is 35.5. The molecule has 6 heteroatoms. The van der Waals surface area contributed by atoms with Gasteiger partial charge >= 0.3 is 0 Å². The van der Waals surface area contributed by atoms with E-state index in [9.17, 15) is 9.59 Å². The van der Waals surface area contributed by atoms with E-state index in [1.54, 1.807) is 17.2 Å². The molecule has 0 bridgehead atoms. The number of rotatable bonds is 2. The van der Waals surface area contributed by atoms with Crippen molar-refractivity contribution in [2.75, 3.05) is 13.1 Å². The van der Waals surface area contributed by atoms with Crippen LogP contribution in [-0.2, 0) is 4.79 Å². The van der Waals surface area contributed by atoms with Gasteiger partial charge in [0, 0.05) is 31.5 Å². The largest absolute Gasteiger partial charge is 0.338 e. The molecular formula is C17H20ClN3O2. The van der Waals surface area contributed by atoms with Crippen molar-refractivity contribution in [3.05, 3.63) is 29.0 Å². The Morgan fingerprint density at radius 1 is 1.26 bits per heavy atom. The van der Waals surface area contributed by atoms with Crippen LogP contribution in [-0.4, -0.2) is 51.3 Å². The van der Waals surface area contributed by atoms with Crippen LogP contribution in [0.1, 0.15) is 48.9 Å². The molecule has 3 heterocycles. The molecule has 5 nitrogen and oxygen atoms in total. The zero-order valence-corrected chi connectivity index (χ0v) is 13.8. The number of nitrogens with zero attached hydrogens (tertiary/aromatic N) is 3. The predicted octanol–water partition coefficient (Wildman–Crippen LogP) is 2.49. The number of hydrogen-bond acceptors (Lipinski definition) is 3. The van der Waals surface area contributed by atoms with Crippen molar-refractivity contribution in [1.29, 1.82) is 0 Å². The molecule has 2 amide bonds. The minimum atomic E-state index is -0.648. The van der Waals surface area contributed by atoms with Gasteiger partial charge in [-0.05, 0) is 44.6 Å². The van der Waals surface area contributed by atoms with E-state index in [-0.39, 0.29) is 11.8 Å². The Kier molecular flexibility index (Phi) is 3.56. The third-order valence-electron chi connectivity index (χ3n) is 5.37. The summed E-state index contributed by atoms with van der Waals surface area (Å²) >= 11 is 6.15. The molecule has 1 saturated carbocycles. The quantitative estimate of drug-likeness (QED) is 0.835. The monoisotopic (exact) mass is 333 g/mol. The minimum absolute atomic E-state index is 0.138. The zero-order chi connectivity index (χ0) is 16.0. The van der Waals surface area contributed by atoms with E-state index in [1.165, 1.54) is 6.20 Å². The van der Waals surface area contributed by atoms with Gasteiger partial charge in [0.05, 0.1) is 10.6 Å². The molecule has 1 atom stereocenters. The molecule has 23 heavy (non-hydrogen) atoms. The van der Waals surface area contributed by atoms with E-state index >= 15 is 0 Å². The van der Waals surface area contributed by atoms with Crippen LogP contribution < -0.4 is 0 Å². The van der Waals surface area contributed by atoms with Crippen molar-refractivity contribution in [3.63, 3.8) is 0 Å². The Labute approximate surface area is 140 Å². The third-order valence-corrected chi connectivity index (χ3v) is 5.67. The summed E-state index contributed by atoms with van der Waals surface area (Å²) in [6, 6.07) is 2.05. The van der Waals surface area contributed by atoms with Gasteiger partial charge in [-0.15, -0.1) is 0 Å². The lowest BCUT2D eigenvalue weighted by atomic mass is 9.85. The molecule has 2 saturated heterocycles. The number of amides is 2. The lowest BCUT2D eigenvalue weighted by molar-refractivity contribution is -0.146. The maximum absolute atomic E-state index is 13.1. The molecule has 0 aromatic carbocycles. The summed E-state index contributed by atoms with van der Waals surface area (Å²) < 4.78 is 0. The number of likely N-dealkylation sites (tertiary alicyclic amines) is 2. The average molecular weight is 334 g/mol. The fraction of sp³-hybridized carbons (Fsp3) is 0.588. The van der Waals surface area contributed by atoms with Crippen molar-refractivity contribution in [1.82, 2.24) is 14.8 Å². The first kappa shape index (κ1) is 14.9. The second-order valence-corrected chi connectivity index (χ2v) is 7.19. The number of carbonyl (C=O) groups excluding carboxylic acids is 2. The first-order chi connectivity index (χ1) is 11.1. The Hall–Kier alpha value is -1.62. The maximum Gasteiger partial charge on any atom is 0.256 e. The predicted molar refractivity (Wildman–Crippen MR) is 86.2 cm³/mol. The molecule has 122 valence electrons. The van der Waals surface area contributed by atoms with Crippen molar-refractivity contribution in [3.8, 4) is 0 Å². The molecule has 1 aliphatic carbocycles. The molecule has 0 radical (unpaired) electrons. The van der Waals surface area contributed by atoms with Gasteiger partial charge < -0.3 is 9.80 Å². The normalized spacial score (nSPS) is 27.8. The SMILES string of the molecule is O=C(c1ccncc1Cl)N1CCCC12CCCN(C1CC1)C2=O. The van der Waals surface area contributed by atoms with Crippen molar-refractivity contribution < 1.29 is 9.59 Å². The Morgan fingerprint density at radius 3 is 2.70 bits per heavy atom. The van der Waals surface area contributed by atoms with E-state index in [2.05, 4.69) is 4.98 Å². The van der Waals surface area contributed by atoms with Crippen molar-refractivity contribution in [2.24, 2.45) is 0 Å². The van der Waals surface area contributed by atoms with Gasteiger partial charge in [-0.25, -0.2) is 0 Å². The highest BCUT2D eigenvalue weighted by Gasteiger charge is 2.54. The minimum Gasteiger partial charge on any atom is -0.338 e.